The predicted octanol–water partition coefficient (Wildman–Crippen LogP) is 2.76. The van der Waals surface area contributed by atoms with Crippen LogP contribution in [0.25, 0.3) is 0 Å². The van der Waals surface area contributed by atoms with Gasteiger partial charge in [-0.25, -0.2) is 9.59 Å². The molecule has 2 N–H and O–H groups in total. The van der Waals surface area contributed by atoms with Crippen molar-refractivity contribution >= 4 is 19.3 Å². The molecular formula is C38H41BN2O9. The highest BCUT2D eigenvalue weighted by molar-refractivity contribution is 6.28. The minimum Gasteiger partial charge on any atom is -0.871 e. The largest absolute Gasteiger partial charge is 0.871 e. The van der Waals surface area contributed by atoms with E-state index in [1.54, 1.807) is 50.5 Å². The molecule has 2 aromatic heterocycles. The molecule has 260 valence electrons. The van der Waals surface area contributed by atoms with Crippen LogP contribution in [-0.2, 0) is 10.1 Å². The summed E-state index contributed by atoms with van der Waals surface area (Å²) < 4.78 is 7.21. The van der Waals surface area contributed by atoms with Gasteiger partial charge in [-0.05, 0) is 55.5 Å². The number of carboxylic acid groups (broad SMARTS) is 2. The fourth-order valence-electron chi connectivity index (χ4n) is 5.31. The lowest BCUT2D eigenvalue weighted by molar-refractivity contribution is -0.892. The molecule has 0 amide bonds. The average Bonchev–Trinajstić information content (AvgIpc) is 3.14. The molecule has 11 nitrogen and oxygen atoms in total. The summed E-state index contributed by atoms with van der Waals surface area (Å²) in [5.41, 5.74) is 3.42. The number of hydrogen-bond donors (Lipinski definition) is 2. The summed E-state index contributed by atoms with van der Waals surface area (Å²) in [5, 5.41) is 38.8. The molecule has 5 aromatic rings. The van der Waals surface area contributed by atoms with Crippen LogP contribution in [0.15, 0.2) is 140 Å². The van der Waals surface area contributed by atoms with E-state index in [0.717, 1.165) is 6.42 Å². The van der Waals surface area contributed by atoms with E-state index in [4.69, 9.17) is 24.5 Å². The van der Waals surface area contributed by atoms with Gasteiger partial charge >= 0.3 is 23.3 Å². The van der Waals surface area contributed by atoms with E-state index < -0.39 is 19.3 Å². The van der Waals surface area contributed by atoms with Gasteiger partial charge in [-0.1, -0.05) is 91.0 Å². The first-order valence-corrected chi connectivity index (χ1v) is 16.1. The van der Waals surface area contributed by atoms with Crippen LogP contribution in [0.3, 0.4) is 0 Å². The first-order valence-electron chi connectivity index (χ1n) is 16.1. The number of pyridine rings is 2. The van der Waals surface area contributed by atoms with E-state index in [1.165, 1.54) is 38.3 Å². The molecule has 0 radical (unpaired) electrons. The molecule has 12 heteroatoms. The number of aromatic carboxylic acids is 2. The Kier molecular flexibility index (Phi) is 16.1. The van der Waals surface area contributed by atoms with E-state index in [9.17, 15) is 19.6 Å². The molecule has 50 heavy (non-hydrogen) atoms. The van der Waals surface area contributed by atoms with Crippen molar-refractivity contribution < 1.29 is 53.6 Å². The van der Waals surface area contributed by atoms with Gasteiger partial charge in [0, 0.05) is 45.7 Å². The fourth-order valence-corrected chi connectivity index (χ4v) is 5.31. The summed E-state index contributed by atoms with van der Waals surface area (Å²) in [5.74, 6) is -1.99. The second kappa shape index (κ2) is 20.7. The van der Waals surface area contributed by atoms with Crippen LogP contribution in [0.4, 0.5) is 0 Å². The van der Waals surface area contributed by atoms with Crippen molar-refractivity contribution in [1.29, 1.82) is 0 Å². The summed E-state index contributed by atoms with van der Waals surface area (Å²) in [7, 11) is -2.23. The van der Waals surface area contributed by atoms with Crippen LogP contribution in [0.1, 0.15) is 64.4 Å². The zero-order valence-electron chi connectivity index (χ0n) is 28.0. The number of benzene rings is 3. The second-order valence-corrected chi connectivity index (χ2v) is 10.5. The highest BCUT2D eigenvalue weighted by atomic mass is 16.7. The third kappa shape index (κ3) is 11.3. The van der Waals surface area contributed by atoms with Crippen LogP contribution in [0.2, 0.25) is 0 Å². The SMILES string of the molecule is CCO[n+]1ccccc1C(=O)O.CCO[n+]1ccccc1C(=O)O.[O-]B([O-])OCCCC(c1ccccc1)(c1ccccc1)c1ccccc1. The summed E-state index contributed by atoms with van der Waals surface area (Å²) >= 11 is 0. The molecule has 0 aliphatic heterocycles. The van der Waals surface area contributed by atoms with Crippen molar-refractivity contribution in [3.05, 3.63) is 168 Å². The van der Waals surface area contributed by atoms with E-state index >= 15 is 0 Å². The Morgan fingerprint density at radius 1 is 0.620 bits per heavy atom. The van der Waals surface area contributed by atoms with E-state index in [0.29, 0.717) is 19.6 Å². The third-order valence-corrected chi connectivity index (χ3v) is 7.37. The lowest BCUT2D eigenvalue weighted by Gasteiger charge is -2.37. The van der Waals surface area contributed by atoms with Gasteiger partial charge in [-0.3, -0.25) is 9.68 Å². The predicted molar refractivity (Wildman–Crippen MR) is 182 cm³/mol. The molecule has 0 spiro atoms. The molecule has 2 heterocycles. The number of rotatable bonds is 14. The van der Waals surface area contributed by atoms with Crippen LogP contribution in [0, 0.1) is 0 Å². The third-order valence-electron chi connectivity index (χ3n) is 7.37. The zero-order valence-corrected chi connectivity index (χ0v) is 28.0. The van der Waals surface area contributed by atoms with Gasteiger partial charge in [0.15, 0.2) is 13.2 Å². The van der Waals surface area contributed by atoms with Crippen molar-refractivity contribution in [2.45, 2.75) is 32.1 Å². The molecule has 0 bridgehead atoms. The molecule has 0 atom stereocenters. The summed E-state index contributed by atoms with van der Waals surface area (Å²) in [6, 6.07) is 40.7. The Morgan fingerprint density at radius 2 is 0.980 bits per heavy atom. The van der Waals surface area contributed by atoms with Crippen LogP contribution in [-0.4, -0.2) is 49.3 Å². The number of nitrogens with zero attached hydrogens (tertiary/aromatic N) is 2. The Morgan fingerprint density at radius 3 is 1.30 bits per heavy atom. The summed E-state index contributed by atoms with van der Waals surface area (Å²) in [6.07, 6.45) is 4.47. The van der Waals surface area contributed by atoms with Crippen LogP contribution < -0.4 is 29.2 Å². The Balaban J connectivity index is 0.000000234. The Bertz CT molecular complexity index is 1570. The maximum absolute atomic E-state index is 10.7. The van der Waals surface area contributed by atoms with Gasteiger partial charge in [0.1, 0.15) is 0 Å². The van der Waals surface area contributed by atoms with Crippen molar-refractivity contribution in [3.8, 4) is 0 Å². The molecule has 0 unspecified atom stereocenters. The van der Waals surface area contributed by atoms with Crippen molar-refractivity contribution in [1.82, 2.24) is 0 Å². The van der Waals surface area contributed by atoms with Gasteiger partial charge in [-0.2, -0.15) is 0 Å². The molecule has 0 saturated heterocycles. The lowest BCUT2D eigenvalue weighted by Crippen LogP contribution is -2.48. The summed E-state index contributed by atoms with van der Waals surface area (Å²) in [4.78, 5) is 31.3. The Hall–Kier alpha value is -5.56. The maximum atomic E-state index is 10.7. The molecule has 0 fully saturated rings. The van der Waals surface area contributed by atoms with Crippen molar-refractivity contribution in [2.24, 2.45) is 0 Å². The number of hydrogen-bond acceptors (Lipinski definition) is 7. The lowest BCUT2D eigenvalue weighted by atomic mass is 9.67. The van der Waals surface area contributed by atoms with Crippen LogP contribution in [0.5, 0.6) is 0 Å². The van der Waals surface area contributed by atoms with Gasteiger partial charge in [0.05, 0.1) is 7.32 Å². The molecule has 5 rings (SSSR count). The second-order valence-electron chi connectivity index (χ2n) is 10.5. The zero-order chi connectivity index (χ0) is 36.2. The molecule has 3 aromatic carbocycles. The van der Waals surface area contributed by atoms with Gasteiger partial charge < -0.3 is 24.9 Å². The standard InChI is InChI=1S/C22H21BO3.2C8H9NO3/c24-23(25)26-18-10-17-22(19-11-4-1-5-12-19,20-13-6-2-7-14-20)21-15-8-3-9-16-21;2*1-2-12-9-6-4-3-5-7(9)8(10)11/h1-9,11-16H,10,17-18H2;2*3-6H,2H2,1H3/q-2;;/p+2. The minimum atomic E-state index is -2.23. The summed E-state index contributed by atoms with van der Waals surface area (Å²) in [6.45, 7) is 4.63. The molecular weight excluding hydrogens is 639 g/mol. The quantitative estimate of drug-likeness (QED) is 0.0780. The van der Waals surface area contributed by atoms with E-state index in [-0.39, 0.29) is 23.4 Å². The highest BCUT2D eigenvalue weighted by Gasteiger charge is 2.35. The monoisotopic (exact) mass is 680 g/mol. The van der Waals surface area contributed by atoms with Crippen molar-refractivity contribution in [2.75, 3.05) is 19.8 Å². The van der Waals surface area contributed by atoms with Gasteiger partial charge in [0.2, 0.25) is 12.4 Å². The number of aromatic nitrogens is 2. The van der Waals surface area contributed by atoms with Crippen molar-refractivity contribution in [3.63, 3.8) is 0 Å². The maximum Gasteiger partial charge on any atom is 0.406 e. The molecule has 0 saturated carbocycles. The minimum absolute atomic E-state index is 0.124. The van der Waals surface area contributed by atoms with Gasteiger partial charge in [-0.15, -0.1) is 0 Å². The fraction of sp³-hybridized carbons (Fsp3) is 0.211. The highest BCUT2D eigenvalue weighted by Crippen LogP contribution is 2.42. The normalized spacial score (nSPS) is 10.4. The van der Waals surface area contributed by atoms with Gasteiger partial charge in [0.25, 0.3) is 0 Å². The van der Waals surface area contributed by atoms with E-state index in [2.05, 4.69) is 36.4 Å². The smallest absolute Gasteiger partial charge is 0.406 e. The molecule has 0 aliphatic rings. The first-order chi connectivity index (χ1) is 24.2. The first kappa shape index (κ1) is 38.9. The molecule has 0 aliphatic carbocycles. The topological polar surface area (TPSA) is 156 Å². The average molecular weight is 681 g/mol. The number of carboxylic acids is 2. The van der Waals surface area contributed by atoms with Crippen LogP contribution >= 0.6 is 0 Å². The Labute approximate surface area is 292 Å². The number of carbonyl (C=O) groups is 2. The van der Waals surface area contributed by atoms with E-state index in [1.807, 2.05) is 54.6 Å².